The zero-order valence-electron chi connectivity index (χ0n) is 20.7. The van der Waals surface area contributed by atoms with Crippen molar-refractivity contribution in [2.45, 2.75) is 59.2 Å². The third kappa shape index (κ3) is 7.59. The van der Waals surface area contributed by atoms with E-state index in [-0.39, 0.29) is 34.2 Å². The number of sulfonamides is 1. The lowest BCUT2D eigenvalue weighted by Crippen LogP contribution is -2.53. The largest absolute Gasteiger partial charge is 0.352 e. The Hall–Kier alpha value is -2.29. The van der Waals surface area contributed by atoms with E-state index in [9.17, 15) is 18.0 Å². The van der Waals surface area contributed by atoms with Crippen molar-refractivity contribution in [1.29, 1.82) is 0 Å². The van der Waals surface area contributed by atoms with Gasteiger partial charge in [-0.3, -0.25) is 13.9 Å². The van der Waals surface area contributed by atoms with Crippen molar-refractivity contribution in [3.05, 3.63) is 63.6 Å². The fourth-order valence-corrected chi connectivity index (χ4v) is 4.91. The summed E-state index contributed by atoms with van der Waals surface area (Å²) in [5.41, 5.74) is 1.92. The number of amides is 2. The third-order valence-electron chi connectivity index (χ3n) is 5.87. The highest BCUT2D eigenvalue weighted by atomic mass is 35.5. The number of benzene rings is 2. The van der Waals surface area contributed by atoms with Crippen LogP contribution in [0.3, 0.4) is 0 Å². The number of rotatable bonds is 11. The summed E-state index contributed by atoms with van der Waals surface area (Å²) in [7, 11) is -3.90. The molecule has 0 aliphatic rings. The molecule has 0 saturated heterocycles. The molecule has 2 aromatic carbocycles. The molecule has 7 nitrogen and oxygen atoms in total. The van der Waals surface area contributed by atoms with Crippen molar-refractivity contribution >= 4 is 50.7 Å². The van der Waals surface area contributed by atoms with Crippen LogP contribution in [0.2, 0.25) is 10.0 Å². The lowest BCUT2D eigenvalue weighted by molar-refractivity contribution is -0.140. The summed E-state index contributed by atoms with van der Waals surface area (Å²) in [6.07, 6.45) is 2.09. The molecule has 10 heteroatoms. The number of hydrogen-bond acceptors (Lipinski definition) is 4. The van der Waals surface area contributed by atoms with Crippen molar-refractivity contribution in [2.24, 2.45) is 0 Å². The first-order valence-electron chi connectivity index (χ1n) is 11.5. The zero-order valence-corrected chi connectivity index (χ0v) is 23.0. The molecule has 192 valence electrons. The van der Waals surface area contributed by atoms with Gasteiger partial charge >= 0.3 is 0 Å². The van der Waals surface area contributed by atoms with Crippen LogP contribution in [0.25, 0.3) is 0 Å². The number of nitrogens with one attached hydrogen (secondary N) is 1. The van der Waals surface area contributed by atoms with E-state index in [1.54, 1.807) is 6.07 Å². The lowest BCUT2D eigenvalue weighted by atomic mass is 10.1. The van der Waals surface area contributed by atoms with Gasteiger partial charge in [0.2, 0.25) is 21.8 Å². The van der Waals surface area contributed by atoms with Crippen LogP contribution >= 0.6 is 23.2 Å². The van der Waals surface area contributed by atoms with Gasteiger partial charge in [0.05, 0.1) is 22.0 Å². The van der Waals surface area contributed by atoms with E-state index >= 15 is 0 Å². The number of aryl methyl sites for hydroxylation is 1. The van der Waals surface area contributed by atoms with E-state index in [4.69, 9.17) is 23.2 Å². The molecule has 0 aliphatic carbocycles. The highest BCUT2D eigenvalue weighted by molar-refractivity contribution is 7.92. The summed E-state index contributed by atoms with van der Waals surface area (Å²) in [5.74, 6) is -0.809. The SMILES string of the molecule is CC[C@@H](C)NC(=O)[C@@H](CC)N(Cc1ccccc1C)C(=O)CN(c1cccc(Cl)c1Cl)S(C)(=O)=O. The first kappa shape index (κ1) is 28.9. The van der Waals surface area contributed by atoms with Gasteiger partial charge in [-0.05, 0) is 49.9 Å². The minimum atomic E-state index is -3.90. The summed E-state index contributed by atoms with van der Waals surface area (Å²) in [5, 5.41) is 3.14. The monoisotopic (exact) mass is 541 g/mol. The van der Waals surface area contributed by atoms with E-state index in [0.29, 0.717) is 6.42 Å². The summed E-state index contributed by atoms with van der Waals surface area (Å²) >= 11 is 12.4. The number of carbonyl (C=O) groups is 2. The van der Waals surface area contributed by atoms with Gasteiger partial charge < -0.3 is 10.2 Å². The molecule has 0 spiro atoms. The van der Waals surface area contributed by atoms with Crippen LogP contribution in [-0.2, 0) is 26.2 Å². The topological polar surface area (TPSA) is 86.8 Å². The summed E-state index contributed by atoms with van der Waals surface area (Å²) in [6.45, 7) is 7.22. The molecule has 0 fully saturated rings. The Bertz CT molecular complexity index is 1160. The second-order valence-corrected chi connectivity index (χ2v) is 11.2. The van der Waals surface area contributed by atoms with Crippen LogP contribution < -0.4 is 9.62 Å². The third-order valence-corrected chi connectivity index (χ3v) is 7.80. The lowest BCUT2D eigenvalue weighted by Gasteiger charge is -2.34. The Kier molecular flexibility index (Phi) is 10.4. The van der Waals surface area contributed by atoms with Gasteiger partial charge in [0.15, 0.2) is 0 Å². The average Bonchev–Trinajstić information content (AvgIpc) is 2.79. The molecular formula is C25H33Cl2N3O4S. The van der Waals surface area contributed by atoms with E-state index in [1.807, 2.05) is 52.0 Å². The van der Waals surface area contributed by atoms with Gasteiger partial charge in [-0.15, -0.1) is 0 Å². The predicted molar refractivity (Wildman–Crippen MR) is 142 cm³/mol. The van der Waals surface area contributed by atoms with Crippen molar-refractivity contribution in [2.75, 3.05) is 17.1 Å². The molecule has 0 saturated carbocycles. The quantitative estimate of drug-likeness (QED) is 0.443. The molecule has 2 atom stereocenters. The first-order valence-corrected chi connectivity index (χ1v) is 14.1. The highest BCUT2D eigenvalue weighted by Crippen LogP contribution is 2.33. The molecular weight excluding hydrogens is 509 g/mol. The van der Waals surface area contributed by atoms with Gasteiger partial charge in [-0.25, -0.2) is 8.42 Å². The maximum atomic E-state index is 13.7. The van der Waals surface area contributed by atoms with Gasteiger partial charge in [-0.1, -0.05) is 67.4 Å². The van der Waals surface area contributed by atoms with Gasteiger partial charge in [-0.2, -0.15) is 0 Å². The second kappa shape index (κ2) is 12.6. The van der Waals surface area contributed by atoms with Crippen LogP contribution in [0.15, 0.2) is 42.5 Å². The number of halogens is 2. The van der Waals surface area contributed by atoms with Gasteiger partial charge in [0, 0.05) is 12.6 Å². The van der Waals surface area contributed by atoms with E-state index in [0.717, 1.165) is 28.1 Å². The molecule has 1 N–H and O–H groups in total. The number of carbonyl (C=O) groups excluding carboxylic acids is 2. The van der Waals surface area contributed by atoms with Crippen molar-refractivity contribution < 1.29 is 18.0 Å². The molecule has 2 amide bonds. The molecule has 35 heavy (non-hydrogen) atoms. The summed E-state index contributed by atoms with van der Waals surface area (Å²) in [6, 6.07) is 11.3. The summed E-state index contributed by atoms with van der Waals surface area (Å²) in [4.78, 5) is 28.3. The normalized spacial score (nSPS) is 13.1. The molecule has 2 aromatic rings. The minimum absolute atomic E-state index is 0.0272. The first-order chi connectivity index (χ1) is 16.4. The fraction of sp³-hybridized carbons (Fsp3) is 0.440. The van der Waals surface area contributed by atoms with E-state index in [1.165, 1.54) is 17.0 Å². The minimum Gasteiger partial charge on any atom is -0.352 e. The highest BCUT2D eigenvalue weighted by Gasteiger charge is 2.33. The van der Waals surface area contributed by atoms with Gasteiger partial charge in [0.25, 0.3) is 0 Å². The number of anilines is 1. The van der Waals surface area contributed by atoms with E-state index in [2.05, 4.69) is 5.32 Å². The Morgan fingerprint density at radius 2 is 1.69 bits per heavy atom. The van der Waals surface area contributed by atoms with Crippen LogP contribution in [0.5, 0.6) is 0 Å². The standard InChI is InChI=1S/C25H33Cl2N3O4S/c1-6-18(4)28-25(32)21(7-2)29(15-19-12-9-8-11-17(19)3)23(31)16-30(35(5,33)34)22-14-10-13-20(26)24(22)27/h8-14,18,21H,6-7,15-16H2,1-5H3,(H,28,32)/t18-,21-/m1/s1. The van der Waals surface area contributed by atoms with Crippen molar-refractivity contribution in [3.63, 3.8) is 0 Å². The van der Waals surface area contributed by atoms with Gasteiger partial charge in [0.1, 0.15) is 12.6 Å². The Morgan fingerprint density at radius 1 is 1.03 bits per heavy atom. The Balaban J connectivity index is 2.50. The molecule has 0 aliphatic heterocycles. The van der Waals surface area contributed by atoms with E-state index < -0.39 is 28.5 Å². The molecule has 0 bridgehead atoms. The Labute approximate surface area is 218 Å². The predicted octanol–water partition coefficient (Wildman–Crippen LogP) is 4.79. The molecule has 0 heterocycles. The van der Waals surface area contributed by atoms with Crippen LogP contribution in [0, 0.1) is 6.92 Å². The number of nitrogens with zero attached hydrogens (tertiary/aromatic N) is 2. The van der Waals surface area contributed by atoms with Crippen molar-refractivity contribution in [3.8, 4) is 0 Å². The Morgan fingerprint density at radius 3 is 2.26 bits per heavy atom. The zero-order chi connectivity index (χ0) is 26.3. The fourth-order valence-electron chi connectivity index (χ4n) is 3.61. The maximum absolute atomic E-state index is 13.7. The smallest absolute Gasteiger partial charge is 0.244 e. The second-order valence-electron chi connectivity index (χ2n) is 8.53. The molecule has 0 aromatic heterocycles. The average molecular weight is 543 g/mol. The maximum Gasteiger partial charge on any atom is 0.244 e. The molecule has 0 radical (unpaired) electrons. The summed E-state index contributed by atoms with van der Waals surface area (Å²) < 4.78 is 26.3. The molecule has 2 rings (SSSR count). The van der Waals surface area contributed by atoms with Crippen LogP contribution in [-0.4, -0.2) is 50.0 Å². The van der Waals surface area contributed by atoms with Crippen LogP contribution in [0.1, 0.15) is 44.7 Å². The van der Waals surface area contributed by atoms with Crippen LogP contribution in [0.4, 0.5) is 5.69 Å². The van der Waals surface area contributed by atoms with Crippen molar-refractivity contribution in [1.82, 2.24) is 10.2 Å². The molecule has 0 unspecified atom stereocenters. The number of hydrogen-bond donors (Lipinski definition) is 1.